The predicted octanol–water partition coefficient (Wildman–Crippen LogP) is 0.0760. The summed E-state index contributed by atoms with van der Waals surface area (Å²) in [5.74, 6) is -15.2. The number of aromatic nitrogens is 1. The van der Waals surface area contributed by atoms with Gasteiger partial charge in [0, 0.05) is 121 Å². The maximum absolute atomic E-state index is 15.0. The van der Waals surface area contributed by atoms with Gasteiger partial charge in [-0.05, 0) is 82.2 Å². The van der Waals surface area contributed by atoms with E-state index in [1.54, 1.807) is 25.8 Å². The molecule has 1 aromatic carbocycles. The standard InChI is InChI=1S/C79H115N15O25S3/c1-9-47(5)70(77(112)90(8)56(45(2)3)36-57(119-49(7)95)74-86-54(43-120-74)71(107)83-51(34-48(6)78(113)114)35-50-18-16-46(4)17-19-50)87-73(109)55-15-11-13-27-92(55)40-63(99)84-52(14-10-12-24-80-64(100)41-118-33-26-82-65(101)42-117-32-25-81-60(96)21-20-53(79(115)116)85-62(98)39-69(105)106)72(108)89-88-61(97)22-23-66(102)91-28-30-93-67(103)37-58(75(93)110)121-44-122-59-38-68(104)94(31-29-91)76(59)111/h16-19,43,45,47-48,51-53,55-59,70H,9-15,20-42,44H2,1-8H3,(H,80,100)(H,81,96)(H,82,101)(H,83,107)(H,84,99)(H,85,98)(H,87,109)(H,88,97)(H,89,108)(H,105,106)(H,113,114)(H,115,116)/t47?,48?,51-,52?,53?,55?,56-,57-,58?,59?,70+/m1/s1. The first-order valence-corrected chi connectivity index (χ1v) is 43.7. The number of carbonyl (C=O) groups excluding carboxylic acids is 16. The number of hydrazine groups is 1. The fourth-order valence-electron chi connectivity index (χ4n) is 13.9. The molecule has 0 spiro atoms. The molecule has 0 aliphatic carbocycles. The summed E-state index contributed by atoms with van der Waals surface area (Å²) >= 11 is 3.47. The molecule has 4 bridgehead atoms. The highest BCUT2D eigenvalue weighted by Gasteiger charge is 2.44. The number of carboxylic acid groups (broad SMARTS) is 3. The molecule has 4 aliphatic heterocycles. The number of amides is 15. The van der Waals surface area contributed by atoms with Gasteiger partial charge in [0.05, 0.1) is 42.2 Å². The van der Waals surface area contributed by atoms with E-state index in [9.17, 15) is 96.5 Å². The smallest absolute Gasteiger partial charge is 0.326 e. The lowest BCUT2D eigenvalue weighted by molar-refractivity contribution is -0.149. The molecule has 15 amide bonds. The first-order valence-electron chi connectivity index (χ1n) is 40.7. The van der Waals surface area contributed by atoms with Crippen molar-refractivity contribution < 1.29 is 121 Å². The molecule has 7 unspecified atom stereocenters. The third kappa shape index (κ3) is 33.5. The number of benzene rings is 1. The third-order valence-electron chi connectivity index (χ3n) is 20.9. The number of likely N-dealkylation sites (N-methyl/N-ethyl adjacent to an activating group) is 1. The molecule has 674 valence electrons. The van der Waals surface area contributed by atoms with Crippen molar-refractivity contribution >= 4 is 147 Å². The molecular weight excluding hydrogens is 1660 g/mol. The number of aliphatic carboxylic acids is 3. The number of carboxylic acids is 3. The average Bonchev–Trinajstić information content (AvgIpc) is 1.56. The zero-order valence-corrected chi connectivity index (χ0v) is 72.4. The number of nitrogens with one attached hydrogen (secondary N) is 9. The quantitative estimate of drug-likeness (QED) is 0.0137. The van der Waals surface area contributed by atoms with E-state index in [0.29, 0.717) is 30.8 Å². The zero-order valence-electron chi connectivity index (χ0n) is 70.0. The average molecular weight is 1770 g/mol. The van der Waals surface area contributed by atoms with Gasteiger partial charge in [-0.15, -0.1) is 34.9 Å². The van der Waals surface area contributed by atoms with Crippen molar-refractivity contribution in [2.45, 2.75) is 210 Å². The van der Waals surface area contributed by atoms with Gasteiger partial charge < -0.3 is 76.5 Å². The number of hydrogen-bond donors (Lipinski definition) is 12. The fraction of sp³-hybridized carbons (Fsp3) is 0.646. The van der Waals surface area contributed by atoms with Gasteiger partial charge in [0.25, 0.3) is 11.8 Å². The van der Waals surface area contributed by atoms with Crippen LogP contribution in [0.1, 0.15) is 177 Å². The van der Waals surface area contributed by atoms with E-state index in [0.717, 1.165) is 32.3 Å². The minimum atomic E-state index is -1.50. The molecule has 5 heterocycles. The van der Waals surface area contributed by atoms with Gasteiger partial charge in [0.15, 0.2) is 6.10 Å². The second kappa shape index (κ2) is 51.0. The number of thioether (sulfide) groups is 2. The molecule has 12 N–H and O–H groups in total. The number of hydrogen-bond acceptors (Lipinski definition) is 27. The first-order chi connectivity index (χ1) is 57.9. The number of imide groups is 2. The number of ether oxygens (including phenoxy) is 3. The molecule has 1 aromatic heterocycles. The summed E-state index contributed by atoms with van der Waals surface area (Å²) in [6, 6.07) is 1.52. The fourth-order valence-corrected chi connectivity index (χ4v) is 17.4. The number of rotatable bonds is 47. The van der Waals surface area contributed by atoms with Crippen molar-refractivity contribution in [3.8, 4) is 0 Å². The predicted molar refractivity (Wildman–Crippen MR) is 441 cm³/mol. The number of aryl methyl sites for hydroxylation is 1. The molecule has 0 saturated carbocycles. The number of piperidine rings is 1. The van der Waals surface area contributed by atoms with Gasteiger partial charge in [-0.25, -0.2) is 9.78 Å². The SMILES string of the molecule is CCC(C)[C@H](NC(=O)C1CCCCN1CC(=O)NC(CCCCNC(=O)COCCNC(=O)COCCNC(=O)CCC(NC(=O)CC(=O)O)C(=O)O)C(=O)NNC(=O)CCC(=O)N1CCN2C(=O)CC(SCSC3CC(=O)N(CC1)C3=O)C2=O)C(=O)N(C)[C@H](C[C@@H](OC(C)=O)c1nc(C(=O)N[C@@H](Cc2ccc(C)cc2)CC(C)C(=O)O)cs1)C(C)C. The van der Waals surface area contributed by atoms with Crippen molar-refractivity contribution in [2.75, 3.05) is 97.5 Å². The monoisotopic (exact) mass is 1770 g/mol. The van der Waals surface area contributed by atoms with Crippen molar-refractivity contribution in [3.05, 3.63) is 51.5 Å². The topological polar surface area (TPSA) is 550 Å². The molecule has 6 rings (SSSR count). The molecule has 40 nitrogen and oxygen atoms in total. The van der Waals surface area contributed by atoms with Gasteiger partial charge in [0.2, 0.25) is 76.8 Å². The summed E-state index contributed by atoms with van der Waals surface area (Å²) in [5, 5.41) is 46.8. The van der Waals surface area contributed by atoms with Gasteiger partial charge in [-0.3, -0.25) is 112 Å². The van der Waals surface area contributed by atoms with Gasteiger partial charge in [-0.2, -0.15) is 0 Å². The second-order valence-corrected chi connectivity index (χ2v) is 34.4. The van der Waals surface area contributed by atoms with Crippen LogP contribution < -0.4 is 48.1 Å². The Morgan fingerprint density at radius 2 is 1.25 bits per heavy atom. The second-order valence-electron chi connectivity index (χ2n) is 30.7. The molecule has 2 aromatic rings. The number of unbranched alkanes of at least 4 members (excludes halogenated alkanes) is 1. The number of fused-ring (bicyclic) bond motifs is 4. The zero-order chi connectivity index (χ0) is 89.9. The minimum Gasteiger partial charge on any atom is -0.481 e. The highest BCUT2D eigenvalue weighted by Crippen LogP contribution is 2.35. The highest BCUT2D eigenvalue weighted by atomic mass is 32.2. The number of thiazole rings is 1. The van der Waals surface area contributed by atoms with Crippen LogP contribution in [0.2, 0.25) is 0 Å². The molecule has 4 aliphatic rings. The molecule has 4 fully saturated rings. The summed E-state index contributed by atoms with van der Waals surface area (Å²) < 4.78 is 16.5. The van der Waals surface area contributed by atoms with E-state index in [2.05, 4.69) is 47.7 Å². The van der Waals surface area contributed by atoms with Crippen molar-refractivity contribution in [1.29, 1.82) is 0 Å². The Bertz CT molecular complexity index is 4000. The lowest BCUT2D eigenvalue weighted by Gasteiger charge is -2.38. The number of carbonyl (C=O) groups is 19. The Hall–Kier alpha value is -10.2. The van der Waals surface area contributed by atoms with E-state index in [1.165, 1.54) is 45.6 Å². The first kappa shape index (κ1) is 101. The molecular formula is C79H115N15O25S3. The van der Waals surface area contributed by atoms with E-state index in [4.69, 9.17) is 19.3 Å². The van der Waals surface area contributed by atoms with E-state index < -0.39 is 216 Å². The van der Waals surface area contributed by atoms with E-state index >= 15 is 4.79 Å². The Morgan fingerprint density at radius 1 is 0.648 bits per heavy atom. The van der Waals surface area contributed by atoms with Gasteiger partial charge in [-0.1, -0.05) is 77.3 Å². The summed E-state index contributed by atoms with van der Waals surface area (Å²) in [7, 11) is 1.58. The van der Waals surface area contributed by atoms with Crippen LogP contribution in [-0.2, 0) is 107 Å². The Labute approximate surface area is 719 Å². The largest absolute Gasteiger partial charge is 0.481 e. The molecule has 122 heavy (non-hydrogen) atoms. The maximum Gasteiger partial charge on any atom is 0.326 e. The van der Waals surface area contributed by atoms with Crippen LogP contribution in [0.25, 0.3) is 0 Å². The number of nitrogens with zero attached hydrogens (tertiary/aromatic N) is 6. The summed E-state index contributed by atoms with van der Waals surface area (Å²) in [4.78, 5) is 259. The van der Waals surface area contributed by atoms with Crippen LogP contribution in [0, 0.1) is 24.7 Å². The summed E-state index contributed by atoms with van der Waals surface area (Å²) in [6.45, 7) is 10.2. The van der Waals surface area contributed by atoms with Crippen LogP contribution in [0.5, 0.6) is 0 Å². The van der Waals surface area contributed by atoms with Crippen molar-refractivity contribution in [2.24, 2.45) is 17.8 Å². The van der Waals surface area contributed by atoms with Crippen LogP contribution in [0.3, 0.4) is 0 Å². The number of esters is 1. The normalized spacial score (nSPS) is 18.3. The van der Waals surface area contributed by atoms with Gasteiger partial charge in [0.1, 0.15) is 48.5 Å². The van der Waals surface area contributed by atoms with Crippen LogP contribution in [0.15, 0.2) is 29.6 Å². The number of likely N-dealkylation sites (tertiary alicyclic amines) is 1. The van der Waals surface area contributed by atoms with Crippen molar-refractivity contribution in [3.63, 3.8) is 0 Å². The summed E-state index contributed by atoms with van der Waals surface area (Å²) in [5.41, 5.74) is 6.52. The van der Waals surface area contributed by atoms with E-state index in [-0.39, 0.29) is 146 Å². The Morgan fingerprint density at radius 3 is 1.84 bits per heavy atom. The van der Waals surface area contributed by atoms with Crippen LogP contribution in [-0.4, -0.2) is 302 Å². The van der Waals surface area contributed by atoms with Crippen LogP contribution >= 0.6 is 34.9 Å². The third-order valence-corrected chi connectivity index (χ3v) is 24.5. The van der Waals surface area contributed by atoms with E-state index in [1.807, 2.05) is 57.3 Å². The maximum atomic E-state index is 15.0. The highest BCUT2D eigenvalue weighted by molar-refractivity contribution is 8.17. The molecule has 43 heteroatoms. The lowest BCUT2D eigenvalue weighted by Crippen LogP contribution is -2.59. The molecule has 11 atom stereocenters. The van der Waals surface area contributed by atoms with Gasteiger partial charge >= 0.3 is 23.9 Å². The Balaban J connectivity index is 1.06. The molecule has 4 saturated heterocycles. The Kier molecular flexibility index (Phi) is 42.0. The lowest BCUT2D eigenvalue weighted by atomic mass is 9.92. The van der Waals surface area contributed by atoms with Crippen LogP contribution in [0.4, 0.5) is 0 Å². The molecule has 0 radical (unpaired) electrons. The minimum absolute atomic E-state index is 0.0106. The summed E-state index contributed by atoms with van der Waals surface area (Å²) in [6.07, 6.45) is -1.07. The van der Waals surface area contributed by atoms with Crippen molar-refractivity contribution in [1.82, 2.24) is 77.6 Å².